The van der Waals surface area contributed by atoms with Gasteiger partial charge in [-0.05, 0) is 18.6 Å². The van der Waals surface area contributed by atoms with Gasteiger partial charge in [0, 0.05) is 5.56 Å². The maximum absolute atomic E-state index is 13.0. The number of hydrogen-bond donors (Lipinski definition) is 0. The van der Waals surface area contributed by atoms with Gasteiger partial charge in [-0.3, -0.25) is 9.80 Å². The highest BCUT2D eigenvalue weighted by Crippen LogP contribution is 2.53. The lowest BCUT2D eigenvalue weighted by Gasteiger charge is -2.48. The molecule has 3 heterocycles. The van der Waals surface area contributed by atoms with Crippen molar-refractivity contribution in [2.24, 2.45) is 5.10 Å². The number of hydrazone groups is 1. The first-order valence-electron chi connectivity index (χ1n) is 8.21. The number of ether oxygens (including phenoxy) is 2. The maximum Gasteiger partial charge on any atom is 0.335 e. The lowest BCUT2D eigenvalue weighted by molar-refractivity contribution is -0.147. The van der Waals surface area contributed by atoms with Crippen molar-refractivity contribution < 1.29 is 19.1 Å². The molecule has 0 amide bonds. The molecular weight excluding hydrogens is 352 g/mol. The first-order chi connectivity index (χ1) is 12.5. The average molecular weight is 370 g/mol. The van der Waals surface area contributed by atoms with E-state index in [4.69, 9.17) is 14.6 Å². The van der Waals surface area contributed by atoms with Crippen LogP contribution in [-0.2, 0) is 19.1 Å². The van der Waals surface area contributed by atoms with E-state index in [0.29, 0.717) is 10.6 Å². The van der Waals surface area contributed by atoms with E-state index in [0.717, 1.165) is 11.1 Å². The molecule has 4 bridgehead atoms. The summed E-state index contributed by atoms with van der Waals surface area (Å²) in [5.74, 6) is -0.999. The van der Waals surface area contributed by atoms with E-state index >= 15 is 0 Å². The molecule has 3 unspecified atom stereocenters. The summed E-state index contributed by atoms with van der Waals surface area (Å²) in [6.07, 6.45) is 3.78. The minimum Gasteiger partial charge on any atom is -0.468 e. The van der Waals surface area contributed by atoms with Crippen molar-refractivity contribution in [3.8, 4) is 0 Å². The summed E-state index contributed by atoms with van der Waals surface area (Å²) in [6, 6.07) is 9.05. The number of esters is 2. The van der Waals surface area contributed by atoms with E-state index in [1.165, 1.54) is 26.0 Å². The first kappa shape index (κ1) is 16.9. The van der Waals surface area contributed by atoms with Gasteiger partial charge < -0.3 is 9.47 Å². The van der Waals surface area contributed by atoms with Crippen molar-refractivity contribution in [3.05, 3.63) is 59.2 Å². The molecule has 7 heteroatoms. The average Bonchev–Trinajstić information content (AvgIpc) is 2.92. The fourth-order valence-electron chi connectivity index (χ4n) is 3.85. The number of carbonyl (C=O) groups excluding carboxylic acids is 2. The van der Waals surface area contributed by atoms with Crippen molar-refractivity contribution in [3.63, 3.8) is 0 Å². The van der Waals surface area contributed by atoms with Gasteiger partial charge in [0.1, 0.15) is 5.04 Å². The number of carbonyl (C=O) groups is 2. The van der Waals surface area contributed by atoms with Gasteiger partial charge in [-0.15, -0.1) is 0 Å². The highest BCUT2D eigenvalue weighted by molar-refractivity contribution is 8.16. The molecule has 0 aliphatic carbocycles. The van der Waals surface area contributed by atoms with Gasteiger partial charge in [0.2, 0.25) is 0 Å². The van der Waals surface area contributed by atoms with Crippen LogP contribution in [0.4, 0.5) is 0 Å². The van der Waals surface area contributed by atoms with Crippen molar-refractivity contribution >= 4 is 28.7 Å². The van der Waals surface area contributed by atoms with Gasteiger partial charge in [0.05, 0.1) is 31.9 Å². The molecule has 3 aliphatic heterocycles. The molecular formula is C19H18N2O4S. The Morgan fingerprint density at radius 2 is 1.88 bits per heavy atom. The molecule has 0 radical (unpaired) electrons. The second-order valence-electron chi connectivity index (χ2n) is 6.36. The Morgan fingerprint density at radius 3 is 2.54 bits per heavy atom. The molecule has 3 atom stereocenters. The summed E-state index contributed by atoms with van der Waals surface area (Å²) in [5.41, 5.74) is 2.19. The van der Waals surface area contributed by atoms with Crippen LogP contribution >= 0.6 is 11.8 Å². The van der Waals surface area contributed by atoms with Gasteiger partial charge in [-0.25, -0.2) is 4.79 Å². The van der Waals surface area contributed by atoms with Gasteiger partial charge >= 0.3 is 11.9 Å². The SMILES string of the molecule is COC(=O)C1=CC2C=C(C)C3N2N=C(c2ccccc2)SC13C(=O)OC. The monoisotopic (exact) mass is 370 g/mol. The van der Waals surface area contributed by atoms with E-state index in [-0.39, 0.29) is 12.1 Å². The summed E-state index contributed by atoms with van der Waals surface area (Å²) in [6.45, 7) is 1.95. The van der Waals surface area contributed by atoms with Gasteiger partial charge in [0.15, 0.2) is 4.75 Å². The Morgan fingerprint density at radius 1 is 1.15 bits per heavy atom. The summed E-state index contributed by atoms with van der Waals surface area (Å²) < 4.78 is 8.90. The standard InChI is InChI=1S/C19H18N2O4S/c1-11-9-13-10-14(17(22)24-2)19(18(23)25-3)15(11)21(13)20-16(26-19)12-7-5-4-6-8-12/h4-10,13,15H,1-3H3. The number of nitrogens with zero attached hydrogens (tertiary/aromatic N) is 2. The summed E-state index contributed by atoms with van der Waals surface area (Å²) in [4.78, 5) is 25.6. The number of hydrogen-bond acceptors (Lipinski definition) is 7. The van der Waals surface area contributed by atoms with Crippen LogP contribution in [0.15, 0.2) is 58.7 Å². The molecule has 134 valence electrons. The summed E-state index contributed by atoms with van der Waals surface area (Å²) in [7, 11) is 2.66. The normalized spacial score (nSPS) is 28.7. The molecule has 0 saturated carbocycles. The molecule has 26 heavy (non-hydrogen) atoms. The van der Waals surface area contributed by atoms with Crippen LogP contribution in [0.1, 0.15) is 12.5 Å². The second kappa shape index (κ2) is 6.02. The zero-order valence-electron chi connectivity index (χ0n) is 14.6. The van der Waals surface area contributed by atoms with Gasteiger partial charge in [0.25, 0.3) is 0 Å². The third kappa shape index (κ3) is 2.16. The van der Waals surface area contributed by atoms with Crippen molar-refractivity contribution in [2.45, 2.75) is 23.8 Å². The zero-order chi connectivity index (χ0) is 18.5. The lowest BCUT2D eigenvalue weighted by atomic mass is 9.84. The fraction of sp³-hybridized carbons (Fsp3) is 0.316. The molecule has 1 aromatic rings. The molecule has 0 fully saturated rings. The van der Waals surface area contributed by atoms with Crippen LogP contribution < -0.4 is 0 Å². The van der Waals surface area contributed by atoms with Crippen LogP contribution in [0, 0.1) is 0 Å². The van der Waals surface area contributed by atoms with Crippen LogP contribution in [-0.4, -0.2) is 53.0 Å². The number of benzene rings is 1. The molecule has 3 aliphatic rings. The number of thioether (sulfide) groups is 1. The van der Waals surface area contributed by atoms with Crippen LogP contribution in [0.25, 0.3) is 0 Å². The Kier molecular flexibility index (Phi) is 3.91. The molecule has 0 saturated heterocycles. The van der Waals surface area contributed by atoms with E-state index in [2.05, 4.69) is 0 Å². The zero-order valence-corrected chi connectivity index (χ0v) is 15.4. The van der Waals surface area contributed by atoms with Crippen LogP contribution in [0.2, 0.25) is 0 Å². The Bertz CT molecular complexity index is 877. The predicted octanol–water partition coefficient (Wildman–Crippen LogP) is 2.12. The number of methoxy groups -OCH3 is 2. The Labute approximate surface area is 155 Å². The lowest BCUT2D eigenvalue weighted by Crippen LogP contribution is -2.62. The van der Waals surface area contributed by atoms with Crippen LogP contribution in [0.5, 0.6) is 0 Å². The van der Waals surface area contributed by atoms with Crippen LogP contribution in [0.3, 0.4) is 0 Å². The molecule has 6 nitrogen and oxygen atoms in total. The van der Waals surface area contributed by atoms with E-state index in [1.807, 2.05) is 48.3 Å². The third-order valence-corrected chi connectivity index (χ3v) is 6.38. The Balaban J connectivity index is 1.93. The molecule has 0 N–H and O–H groups in total. The highest BCUT2D eigenvalue weighted by Gasteiger charge is 2.64. The molecule has 0 aromatic heterocycles. The first-order valence-corrected chi connectivity index (χ1v) is 9.03. The van der Waals surface area contributed by atoms with Crippen molar-refractivity contribution in [1.82, 2.24) is 5.01 Å². The maximum atomic E-state index is 13.0. The molecule has 0 spiro atoms. The third-order valence-electron chi connectivity index (χ3n) is 4.94. The van der Waals surface area contributed by atoms with E-state index < -0.39 is 16.7 Å². The predicted molar refractivity (Wildman–Crippen MR) is 98.6 cm³/mol. The smallest absolute Gasteiger partial charge is 0.335 e. The highest BCUT2D eigenvalue weighted by atomic mass is 32.2. The minimum absolute atomic E-state index is 0.188. The van der Waals surface area contributed by atoms with Gasteiger partial charge in [-0.1, -0.05) is 48.2 Å². The molecule has 1 aromatic carbocycles. The van der Waals surface area contributed by atoms with Crippen molar-refractivity contribution in [1.29, 1.82) is 0 Å². The second-order valence-corrected chi connectivity index (χ2v) is 7.59. The van der Waals surface area contributed by atoms with E-state index in [9.17, 15) is 9.59 Å². The van der Waals surface area contributed by atoms with E-state index in [1.54, 1.807) is 6.08 Å². The minimum atomic E-state index is -1.25. The Hall–Kier alpha value is -2.54. The fourth-order valence-corrected chi connectivity index (χ4v) is 5.37. The van der Waals surface area contributed by atoms with Gasteiger partial charge in [-0.2, -0.15) is 5.10 Å². The largest absolute Gasteiger partial charge is 0.468 e. The van der Waals surface area contributed by atoms with Crippen molar-refractivity contribution in [2.75, 3.05) is 14.2 Å². The molecule has 4 rings (SSSR count). The summed E-state index contributed by atoms with van der Waals surface area (Å²) >= 11 is 1.26. The quantitative estimate of drug-likeness (QED) is 0.600. The topological polar surface area (TPSA) is 68.2 Å². The number of rotatable bonds is 3. The summed E-state index contributed by atoms with van der Waals surface area (Å²) in [5, 5.41) is 7.35.